The second-order valence-corrected chi connectivity index (χ2v) is 5.82. The van der Waals surface area contributed by atoms with Gasteiger partial charge < -0.3 is 39.8 Å². The van der Waals surface area contributed by atoms with Crippen LogP contribution < -0.4 is 34.7 Å². The second kappa shape index (κ2) is 10.4. The highest BCUT2D eigenvalue weighted by atomic mass is 35.5. The van der Waals surface area contributed by atoms with Crippen molar-refractivity contribution in [1.82, 2.24) is 5.32 Å². The molecule has 0 fully saturated rings. The lowest BCUT2D eigenvalue weighted by Gasteiger charge is -2.23. The Morgan fingerprint density at radius 1 is 1.41 bits per heavy atom. The van der Waals surface area contributed by atoms with Gasteiger partial charge in [-0.15, -0.1) is 0 Å². The minimum absolute atomic E-state index is 0. The molecular weight excluding hydrogens is 327 g/mol. The van der Waals surface area contributed by atoms with Gasteiger partial charge in [0.15, 0.2) is 6.20 Å². The Hall–Kier alpha value is -1.37. The van der Waals surface area contributed by atoms with E-state index in [1.54, 1.807) is 22.9 Å². The minimum Gasteiger partial charge on any atom is -1.00 e. The van der Waals surface area contributed by atoms with Crippen molar-refractivity contribution in [2.24, 2.45) is 12.2 Å². The van der Waals surface area contributed by atoms with E-state index in [1.165, 1.54) is 6.21 Å². The van der Waals surface area contributed by atoms with Crippen LogP contribution in [0, 0.1) is 0 Å². The number of carbonyl (C=O) groups is 1. The molecule has 1 aromatic heterocycles. The number of aryl methyl sites for hydroxylation is 1. The number of aromatic nitrogens is 1. The molecule has 1 aromatic rings. The molecule has 0 aliphatic heterocycles. The van der Waals surface area contributed by atoms with Crippen LogP contribution in [-0.2, 0) is 7.05 Å². The van der Waals surface area contributed by atoms with Gasteiger partial charge in [0.2, 0.25) is 5.69 Å². The van der Waals surface area contributed by atoms with Crippen LogP contribution in [0.15, 0.2) is 23.5 Å². The smallest absolute Gasteiger partial charge is 0.251 e. The van der Waals surface area contributed by atoms with Gasteiger partial charge in [-0.1, -0.05) is 5.16 Å². The summed E-state index contributed by atoms with van der Waals surface area (Å²) in [5.41, 5.74) is 1.22. The van der Waals surface area contributed by atoms with E-state index in [-0.39, 0.29) is 30.7 Å². The van der Waals surface area contributed by atoms with Crippen LogP contribution >= 0.6 is 0 Å². The van der Waals surface area contributed by atoms with E-state index in [2.05, 4.69) is 31.6 Å². The topological polar surface area (TPSA) is 65.6 Å². The van der Waals surface area contributed by atoms with Crippen molar-refractivity contribution in [1.29, 1.82) is 0 Å². The van der Waals surface area contributed by atoms with Crippen molar-refractivity contribution in [3.63, 3.8) is 0 Å². The molecule has 0 saturated carbocycles. The van der Waals surface area contributed by atoms with Gasteiger partial charge >= 0.3 is 0 Å². The average Bonchev–Trinajstić information content (AvgIpc) is 2.36. The van der Waals surface area contributed by atoms with Crippen LogP contribution in [0.25, 0.3) is 0 Å². The molecule has 0 radical (unpaired) electrons. The Bertz CT molecular complexity index is 502. The molecule has 0 bridgehead atoms. The summed E-state index contributed by atoms with van der Waals surface area (Å²) in [5.74, 6) is -0.111. The standard InChI is InChI=1S/C14H22N4O2.2ClH/c1-17-8-6-12(10-13(17)11-16-20)14(19)15-7-5-9-18(2,3)4;;/h6,8,10-11H,5,7,9H2,1-4H3;2*1H. The predicted octanol–water partition coefficient (Wildman–Crippen LogP) is -5.85. The summed E-state index contributed by atoms with van der Waals surface area (Å²) < 4.78 is 2.65. The lowest BCUT2D eigenvalue weighted by molar-refractivity contribution is -0.870. The largest absolute Gasteiger partial charge is 1.00 e. The van der Waals surface area contributed by atoms with Crippen molar-refractivity contribution in [2.75, 3.05) is 34.2 Å². The van der Waals surface area contributed by atoms with Gasteiger partial charge in [-0.3, -0.25) is 4.79 Å². The molecule has 0 aliphatic rings. The predicted molar refractivity (Wildman–Crippen MR) is 76.8 cm³/mol. The molecule has 126 valence electrons. The molecule has 0 unspecified atom stereocenters. The van der Waals surface area contributed by atoms with E-state index in [0.717, 1.165) is 17.4 Å². The molecule has 0 aliphatic carbocycles. The molecular formula is C14H24Cl2N4O2. The van der Waals surface area contributed by atoms with Crippen LogP contribution in [0.3, 0.4) is 0 Å². The molecule has 6 nitrogen and oxygen atoms in total. The molecule has 0 atom stereocenters. The number of pyridine rings is 1. The number of hydrogen-bond donors (Lipinski definition) is 2. The molecule has 0 aromatic carbocycles. The van der Waals surface area contributed by atoms with Crippen molar-refractivity contribution in [3.05, 3.63) is 29.6 Å². The second-order valence-electron chi connectivity index (χ2n) is 5.82. The number of halogens is 2. The van der Waals surface area contributed by atoms with E-state index < -0.39 is 0 Å². The quantitative estimate of drug-likeness (QED) is 0.134. The van der Waals surface area contributed by atoms with E-state index in [1.807, 2.05) is 7.05 Å². The van der Waals surface area contributed by atoms with Gasteiger partial charge in [0.1, 0.15) is 13.3 Å². The molecule has 2 N–H and O–H groups in total. The van der Waals surface area contributed by atoms with Gasteiger partial charge in [-0.2, -0.15) is 0 Å². The fourth-order valence-electron chi connectivity index (χ4n) is 1.77. The maximum absolute atomic E-state index is 12.0. The third-order valence-electron chi connectivity index (χ3n) is 2.93. The molecule has 1 rings (SSSR count). The monoisotopic (exact) mass is 350 g/mol. The highest BCUT2D eigenvalue weighted by Gasteiger charge is 2.12. The van der Waals surface area contributed by atoms with E-state index in [4.69, 9.17) is 5.21 Å². The van der Waals surface area contributed by atoms with Crippen LogP contribution in [0.5, 0.6) is 0 Å². The third kappa shape index (κ3) is 8.17. The Morgan fingerprint density at radius 3 is 2.59 bits per heavy atom. The van der Waals surface area contributed by atoms with Crippen molar-refractivity contribution < 1.29 is 43.9 Å². The molecule has 1 heterocycles. The highest BCUT2D eigenvalue weighted by Crippen LogP contribution is 1.99. The zero-order valence-corrected chi connectivity index (χ0v) is 14.9. The number of quaternary nitrogens is 1. The molecule has 0 spiro atoms. The van der Waals surface area contributed by atoms with Crippen molar-refractivity contribution in [2.45, 2.75) is 6.42 Å². The van der Waals surface area contributed by atoms with Crippen LogP contribution in [0.2, 0.25) is 0 Å². The highest BCUT2D eigenvalue weighted by molar-refractivity contribution is 5.95. The summed E-state index contributed by atoms with van der Waals surface area (Å²) in [6.45, 7) is 1.66. The maximum Gasteiger partial charge on any atom is 0.251 e. The maximum atomic E-state index is 12.0. The zero-order valence-electron chi connectivity index (χ0n) is 13.4. The lowest BCUT2D eigenvalue weighted by Crippen LogP contribution is -3.00. The first kappa shape index (κ1) is 22.9. The molecule has 22 heavy (non-hydrogen) atoms. The Balaban J connectivity index is 0. The summed E-state index contributed by atoms with van der Waals surface area (Å²) in [6, 6.07) is 3.43. The summed E-state index contributed by atoms with van der Waals surface area (Å²) in [5, 5.41) is 14.5. The Kier molecular flexibility index (Phi) is 10.8. The van der Waals surface area contributed by atoms with Gasteiger partial charge in [0.25, 0.3) is 5.91 Å². The van der Waals surface area contributed by atoms with Crippen LogP contribution in [0.4, 0.5) is 0 Å². The van der Waals surface area contributed by atoms with Crippen molar-refractivity contribution in [3.8, 4) is 0 Å². The summed E-state index contributed by atoms with van der Waals surface area (Å²) >= 11 is 0. The first-order valence-corrected chi connectivity index (χ1v) is 6.59. The van der Waals surface area contributed by atoms with E-state index in [9.17, 15) is 4.79 Å². The van der Waals surface area contributed by atoms with Gasteiger partial charge in [-0.25, -0.2) is 4.57 Å². The Labute approximate surface area is 144 Å². The fourth-order valence-corrected chi connectivity index (χ4v) is 1.77. The van der Waals surface area contributed by atoms with Gasteiger partial charge in [0.05, 0.1) is 33.3 Å². The van der Waals surface area contributed by atoms with Gasteiger partial charge in [0, 0.05) is 25.1 Å². The Morgan fingerprint density at radius 2 is 2.05 bits per heavy atom. The molecule has 8 heteroatoms. The minimum atomic E-state index is -0.111. The van der Waals surface area contributed by atoms with Crippen LogP contribution in [0.1, 0.15) is 22.5 Å². The number of hydrogen-bond acceptors (Lipinski definition) is 3. The lowest BCUT2D eigenvalue weighted by atomic mass is 10.2. The number of nitrogens with zero attached hydrogens (tertiary/aromatic N) is 3. The first-order valence-electron chi connectivity index (χ1n) is 6.59. The number of oxime groups is 1. The molecule has 0 saturated heterocycles. The van der Waals surface area contributed by atoms with Crippen LogP contribution in [-0.4, -0.2) is 56.0 Å². The zero-order chi connectivity index (χ0) is 15.2. The normalized spacial score (nSPS) is 10.7. The number of rotatable bonds is 6. The third-order valence-corrected chi connectivity index (χ3v) is 2.93. The van der Waals surface area contributed by atoms with E-state index >= 15 is 0 Å². The summed E-state index contributed by atoms with van der Waals surface area (Å²) in [7, 11) is 8.19. The average molecular weight is 351 g/mol. The first-order chi connectivity index (χ1) is 9.33. The number of amides is 1. The van der Waals surface area contributed by atoms with Crippen molar-refractivity contribution >= 4 is 12.1 Å². The summed E-state index contributed by atoms with van der Waals surface area (Å²) in [6.07, 6.45) is 3.99. The summed E-state index contributed by atoms with van der Waals surface area (Å²) in [4.78, 5) is 12.0. The molecule has 1 amide bonds. The SMILES string of the molecule is C[n+]1ccc(C(=O)NCCC[N+](C)(C)C)cc1C=NO.[Cl-].[Cl-]. The van der Waals surface area contributed by atoms with Gasteiger partial charge in [-0.05, 0) is 0 Å². The fraction of sp³-hybridized carbons (Fsp3) is 0.500. The van der Waals surface area contributed by atoms with E-state index in [0.29, 0.717) is 17.8 Å². The number of nitrogens with one attached hydrogen (secondary N) is 1. The number of carbonyl (C=O) groups excluding carboxylic acids is 1.